The molecule has 2 aromatic carbocycles. The first-order chi connectivity index (χ1) is 11.3. The Morgan fingerprint density at radius 3 is 2.17 bits per heavy atom. The van der Waals surface area contributed by atoms with E-state index in [9.17, 15) is 22.8 Å². The van der Waals surface area contributed by atoms with Crippen LogP contribution in [0.1, 0.15) is 34.6 Å². The van der Waals surface area contributed by atoms with Gasteiger partial charge in [0.15, 0.2) is 11.6 Å². The molecule has 0 fully saturated rings. The third-order valence-corrected chi connectivity index (χ3v) is 3.07. The lowest BCUT2D eigenvalue weighted by Crippen LogP contribution is -2.30. The van der Waals surface area contributed by atoms with E-state index in [2.05, 4.69) is 10.6 Å². The Kier molecular flexibility index (Phi) is 5.23. The molecule has 0 aliphatic carbocycles. The van der Waals surface area contributed by atoms with E-state index >= 15 is 0 Å². The Balaban J connectivity index is 2.25. The maximum Gasteiger partial charge on any atom is 0.258 e. The van der Waals surface area contributed by atoms with Gasteiger partial charge in [-0.1, -0.05) is 0 Å². The minimum Gasteiger partial charge on any atom is -0.350 e. The molecule has 0 spiro atoms. The van der Waals surface area contributed by atoms with Crippen LogP contribution in [0.4, 0.5) is 18.9 Å². The Morgan fingerprint density at radius 2 is 1.54 bits per heavy atom. The SMILES string of the molecule is CC(C)NC(=O)c1ccc(F)c(C(=O)Nc2ccc(F)c(F)c2)c1. The summed E-state index contributed by atoms with van der Waals surface area (Å²) in [6.07, 6.45) is 0. The zero-order valence-corrected chi connectivity index (χ0v) is 13.0. The monoisotopic (exact) mass is 336 g/mol. The van der Waals surface area contributed by atoms with E-state index in [0.717, 1.165) is 30.3 Å². The number of amides is 2. The van der Waals surface area contributed by atoms with Crippen molar-refractivity contribution in [2.75, 3.05) is 5.32 Å². The molecule has 4 nitrogen and oxygen atoms in total. The highest BCUT2D eigenvalue weighted by Gasteiger charge is 2.16. The van der Waals surface area contributed by atoms with E-state index in [4.69, 9.17) is 0 Å². The van der Waals surface area contributed by atoms with E-state index in [0.29, 0.717) is 0 Å². The number of hydrogen-bond donors (Lipinski definition) is 2. The van der Waals surface area contributed by atoms with Gasteiger partial charge < -0.3 is 10.6 Å². The summed E-state index contributed by atoms with van der Waals surface area (Å²) in [6, 6.07) is 5.98. The first kappa shape index (κ1) is 17.5. The molecule has 0 saturated carbocycles. The highest BCUT2D eigenvalue weighted by molar-refractivity contribution is 6.06. The van der Waals surface area contributed by atoms with Crippen molar-refractivity contribution in [3.63, 3.8) is 0 Å². The zero-order valence-electron chi connectivity index (χ0n) is 13.0. The van der Waals surface area contributed by atoms with Crippen LogP contribution in [0.5, 0.6) is 0 Å². The van der Waals surface area contributed by atoms with Crippen LogP contribution in [0.2, 0.25) is 0 Å². The molecular formula is C17H15F3N2O2. The highest BCUT2D eigenvalue weighted by atomic mass is 19.2. The average molecular weight is 336 g/mol. The molecule has 0 radical (unpaired) electrons. The molecule has 0 aliphatic heterocycles. The van der Waals surface area contributed by atoms with Crippen LogP contribution in [0.15, 0.2) is 36.4 Å². The Bertz CT molecular complexity index is 791. The van der Waals surface area contributed by atoms with Gasteiger partial charge in [-0.15, -0.1) is 0 Å². The van der Waals surface area contributed by atoms with E-state index in [1.807, 2.05) is 0 Å². The van der Waals surface area contributed by atoms with Crippen LogP contribution >= 0.6 is 0 Å². The second-order valence-corrected chi connectivity index (χ2v) is 5.41. The van der Waals surface area contributed by atoms with Crippen LogP contribution in [0, 0.1) is 17.5 Å². The van der Waals surface area contributed by atoms with E-state index in [1.165, 1.54) is 6.07 Å². The number of rotatable bonds is 4. The molecule has 2 rings (SSSR count). The fourth-order valence-corrected chi connectivity index (χ4v) is 1.96. The molecule has 0 atom stereocenters. The fourth-order valence-electron chi connectivity index (χ4n) is 1.96. The third-order valence-electron chi connectivity index (χ3n) is 3.07. The smallest absolute Gasteiger partial charge is 0.258 e. The molecule has 0 aliphatic rings. The Labute approximate surface area is 136 Å². The van der Waals surface area contributed by atoms with Crippen LogP contribution < -0.4 is 10.6 Å². The molecule has 0 unspecified atom stereocenters. The van der Waals surface area contributed by atoms with Crippen molar-refractivity contribution >= 4 is 17.5 Å². The standard InChI is InChI=1S/C17H15F3N2O2/c1-9(2)21-16(23)10-3-5-13(18)12(7-10)17(24)22-11-4-6-14(19)15(20)8-11/h3-9H,1-2H3,(H,21,23)(H,22,24). The maximum atomic E-state index is 13.9. The first-order valence-corrected chi connectivity index (χ1v) is 7.14. The third kappa shape index (κ3) is 4.13. The molecule has 7 heteroatoms. The molecule has 0 saturated heterocycles. The Hall–Kier alpha value is -2.83. The van der Waals surface area contributed by atoms with Crippen molar-refractivity contribution in [2.24, 2.45) is 0 Å². The summed E-state index contributed by atoms with van der Waals surface area (Å²) in [6.45, 7) is 3.52. The van der Waals surface area contributed by atoms with Crippen LogP contribution in [-0.2, 0) is 0 Å². The summed E-state index contributed by atoms with van der Waals surface area (Å²) in [5.41, 5.74) is -0.299. The zero-order chi connectivity index (χ0) is 17.9. The summed E-state index contributed by atoms with van der Waals surface area (Å²) < 4.78 is 39.9. The molecule has 0 heterocycles. The van der Waals surface area contributed by atoms with E-state index in [1.54, 1.807) is 13.8 Å². The van der Waals surface area contributed by atoms with Gasteiger partial charge in [-0.05, 0) is 44.2 Å². The van der Waals surface area contributed by atoms with Gasteiger partial charge in [-0.3, -0.25) is 9.59 Å². The first-order valence-electron chi connectivity index (χ1n) is 7.14. The van der Waals surface area contributed by atoms with Crippen molar-refractivity contribution in [3.05, 3.63) is 65.0 Å². The van der Waals surface area contributed by atoms with Crippen molar-refractivity contribution in [1.82, 2.24) is 5.32 Å². The van der Waals surface area contributed by atoms with E-state index < -0.39 is 29.3 Å². The van der Waals surface area contributed by atoms with Gasteiger partial charge in [0.1, 0.15) is 5.82 Å². The van der Waals surface area contributed by atoms with Crippen molar-refractivity contribution in [3.8, 4) is 0 Å². The number of carbonyl (C=O) groups is 2. The van der Waals surface area contributed by atoms with Gasteiger partial charge in [0.2, 0.25) is 0 Å². The summed E-state index contributed by atoms with van der Waals surface area (Å²) in [5.74, 6) is -4.37. The molecule has 126 valence electrons. The largest absolute Gasteiger partial charge is 0.350 e. The topological polar surface area (TPSA) is 58.2 Å². The number of halogens is 3. The lowest BCUT2D eigenvalue weighted by atomic mass is 10.1. The van der Waals surface area contributed by atoms with Gasteiger partial charge in [0.05, 0.1) is 5.56 Å². The summed E-state index contributed by atoms with van der Waals surface area (Å²) in [4.78, 5) is 24.1. The van der Waals surface area contributed by atoms with Gasteiger partial charge in [-0.25, -0.2) is 13.2 Å². The predicted molar refractivity (Wildman–Crippen MR) is 83.3 cm³/mol. The quantitative estimate of drug-likeness (QED) is 0.898. The van der Waals surface area contributed by atoms with Gasteiger partial charge >= 0.3 is 0 Å². The van der Waals surface area contributed by atoms with Crippen LogP contribution in [0.25, 0.3) is 0 Å². The summed E-state index contributed by atoms with van der Waals surface area (Å²) >= 11 is 0. The number of nitrogens with one attached hydrogen (secondary N) is 2. The van der Waals surface area contributed by atoms with Crippen molar-refractivity contribution in [1.29, 1.82) is 0 Å². The molecule has 2 aromatic rings. The number of anilines is 1. The van der Waals surface area contributed by atoms with Gasteiger partial charge in [-0.2, -0.15) is 0 Å². The molecular weight excluding hydrogens is 321 g/mol. The number of hydrogen-bond acceptors (Lipinski definition) is 2. The average Bonchev–Trinajstić information content (AvgIpc) is 2.50. The fraction of sp³-hybridized carbons (Fsp3) is 0.176. The molecule has 2 amide bonds. The molecule has 2 N–H and O–H groups in total. The van der Waals surface area contributed by atoms with Crippen LogP contribution in [-0.4, -0.2) is 17.9 Å². The number of carbonyl (C=O) groups excluding carboxylic acids is 2. The van der Waals surface area contributed by atoms with Crippen LogP contribution in [0.3, 0.4) is 0 Å². The Morgan fingerprint density at radius 1 is 0.875 bits per heavy atom. The normalized spacial score (nSPS) is 10.6. The second-order valence-electron chi connectivity index (χ2n) is 5.41. The predicted octanol–water partition coefficient (Wildman–Crippen LogP) is 3.49. The minimum atomic E-state index is -1.14. The summed E-state index contributed by atoms with van der Waals surface area (Å²) in [5, 5.41) is 4.88. The molecule has 0 bridgehead atoms. The number of benzene rings is 2. The molecule has 24 heavy (non-hydrogen) atoms. The van der Waals surface area contributed by atoms with E-state index in [-0.39, 0.29) is 22.9 Å². The van der Waals surface area contributed by atoms with Crippen molar-refractivity contribution in [2.45, 2.75) is 19.9 Å². The van der Waals surface area contributed by atoms with Crippen molar-refractivity contribution < 1.29 is 22.8 Å². The van der Waals surface area contributed by atoms with Gasteiger partial charge in [0.25, 0.3) is 11.8 Å². The lowest BCUT2D eigenvalue weighted by Gasteiger charge is -2.10. The second kappa shape index (κ2) is 7.16. The summed E-state index contributed by atoms with van der Waals surface area (Å²) in [7, 11) is 0. The molecule has 0 aromatic heterocycles. The minimum absolute atomic E-state index is 0.0321. The highest BCUT2D eigenvalue weighted by Crippen LogP contribution is 2.16. The van der Waals surface area contributed by atoms with Gasteiger partial charge in [0, 0.05) is 23.4 Å². The maximum absolute atomic E-state index is 13.9. The lowest BCUT2D eigenvalue weighted by molar-refractivity contribution is 0.0943.